The molecule has 2 aliphatic rings. The zero-order chi connectivity index (χ0) is 26.5. The Morgan fingerprint density at radius 2 is 1.73 bits per heavy atom. The zero-order valence-corrected chi connectivity index (χ0v) is 23.0. The summed E-state index contributed by atoms with van der Waals surface area (Å²) in [7, 11) is 3.22. The lowest BCUT2D eigenvalue weighted by Gasteiger charge is -2.36. The number of allylic oxidation sites excluding steroid dienone is 3. The van der Waals surface area contributed by atoms with Gasteiger partial charge in [-0.3, -0.25) is 4.79 Å². The minimum atomic E-state index is -0.458. The smallest absolute Gasteiger partial charge is 0.336 e. The molecule has 0 saturated carbocycles. The van der Waals surface area contributed by atoms with E-state index in [1.54, 1.807) is 26.0 Å². The molecule has 196 valence electrons. The maximum absolute atomic E-state index is 13.8. The Bertz CT molecular complexity index is 1230. The van der Waals surface area contributed by atoms with Gasteiger partial charge in [0.15, 0.2) is 17.3 Å². The molecule has 0 unspecified atom stereocenters. The van der Waals surface area contributed by atoms with E-state index in [0.717, 1.165) is 40.3 Å². The number of ketones is 1. The predicted octanol–water partition coefficient (Wildman–Crippen LogP) is 6.13. The van der Waals surface area contributed by atoms with Crippen molar-refractivity contribution in [3.8, 4) is 11.5 Å². The van der Waals surface area contributed by atoms with E-state index < -0.39 is 5.92 Å². The highest BCUT2D eigenvalue weighted by Crippen LogP contribution is 2.46. The van der Waals surface area contributed by atoms with E-state index in [1.807, 2.05) is 55.6 Å². The van der Waals surface area contributed by atoms with Crippen molar-refractivity contribution in [1.82, 2.24) is 5.32 Å². The van der Waals surface area contributed by atoms with E-state index in [9.17, 15) is 9.59 Å². The van der Waals surface area contributed by atoms with Gasteiger partial charge < -0.3 is 19.5 Å². The molecule has 0 spiro atoms. The number of hydrogen-bond donors (Lipinski definition) is 1. The van der Waals surface area contributed by atoms with E-state index in [1.165, 1.54) is 0 Å². The number of benzene rings is 2. The van der Waals surface area contributed by atoms with Gasteiger partial charge in [0.1, 0.15) is 0 Å². The van der Waals surface area contributed by atoms with Gasteiger partial charge in [-0.05, 0) is 67.3 Å². The van der Waals surface area contributed by atoms with Crippen LogP contribution in [-0.2, 0) is 14.3 Å². The lowest BCUT2D eigenvalue weighted by molar-refractivity contribution is -0.139. The lowest BCUT2D eigenvalue weighted by atomic mass is 9.71. The zero-order valence-electron chi connectivity index (χ0n) is 22.2. The summed E-state index contributed by atoms with van der Waals surface area (Å²) in [4.78, 5) is 28.2. The van der Waals surface area contributed by atoms with Gasteiger partial charge in [0.05, 0.1) is 26.4 Å². The van der Waals surface area contributed by atoms with Crippen LogP contribution in [0.15, 0.2) is 69.9 Å². The van der Waals surface area contributed by atoms with Crippen LogP contribution in [0.2, 0.25) is 0 Å². The molecule has 6 nitrogen and oxygen atoms in total. The summed E-state index contributed by atoms with van der Waals surface area (Å²) in [6.07, 6.45) is 4.78. The van der Waals surface area contributed by atoms with Crippen LogP contribution in [0.4, 0.5) is 0 Å². The summed E-state index contributed by atoms with van der Waals surface area (Å²) in [6.45, 7) is 4.32. The number of ether oxygens (including phenoxy) is 3. The highest BCUT2D eigenvalue weighted by atomic mass is 32.2. The number of carbonyl (C=O) groups excluding carboxylic acids is 2. The third-order valence-electron chi connectivity index (χ3n) is 7.11. The van der Waals surface area contributed by atoms with Crippen LogP contribution in [0, 0.1) is 0 Å². The number of nitrogens with one attached hydrogen (secondary N) is 1. The number of carbonyl (C=O) groups is 2. The molecule has 0 aromatic heterocycles. The maximum Gasteiger partial charge on any atom is 0.336 e. The first kappa shape index (κ1) is 26.9. The summed E-state index contributed by atoms with van der Waals surface area (Å²) in [5.41, 5.74) is 4.74. The van der Waals surface area contributed by atoms with Gasteiger partial charge in [0.25, 0.3) is 0 Å². The molecule has 2 atom stereocenters. The van der Waals surface area contributed by atoms with Gasteiger partial charge in [-0.15, -0.1) is 11.8 Å². The Morgan fingerprint density at radius 1 is 1.03 bits per heavy atom. The van der Waals surface area contributed by atoms with Crippen molar-refractivity contribution in [2.75, 3.05) is 27.1 Å². The number of hydrogen-bond acceptors (Lipinski definition) is 7. The lowest BCUT2D eigenvalue weighted by Crippen LogP contribution is -2.36. The van der Waals surface area contributed by atoms with Gasteiger partial charge >= 0.3 is 5.97 Å². The number of thioether (sulfide) groups is 1. The fraction of sp³-hybridized carbons (Fsp3) is 0.400. The summed E-state index contributed by atoms with van der Waals surface area (Å²) >= 11 is 1.66. The predicted molar refractivity (Wildman–Crippen MR) is 146 cm³/mol. The van der Waals surface area contributed by atoms with E-state index in [4.69, 9.17) is 14.2 Å². The first-order valence-corrected chi connectivity index (χ1v) is 13.9. The molecule has 0 amide bonds. The fourth-order valence-corrected chi connectivity index (χ4v) is 5.58. The van der Waals surface area contributed by atoms with Gasteiger partial charge in [-0.1, -0.05) is 31.5 Å². The molecule has 1 aliphatic carbocycles. The van der Waals surface area contributed by atoms with Crippen LogP contribution in [0.25, 0.3) is 0 Å². The largest absolute Gasteiger partial charge is 0.493 e. The highest BCUT2D eigenvalue weighted by Gasteiger charge is 2.41. The summed E-state index contributed by atoms with van der Waals surface area (Å²) in [5, 5.41) is 3.42. The number of unbranched alkanes of at least 4 members (excludes halogenated alkanes) is 1. The van der Waals surface area contributed by atoms with Crippen LogP contribution in [0.5, 0.6) is 11.5 Å². The van der Waals surface area contributed by atoms with E-state index in [0.29, 0.717) is 42.1 Å². The quantitative estimate of drug-likeness (QED) is 0.242. The minimum Gasteiger partial charge on any atom is -0.493 e. The van der Waals surface area contributed by atoms with E-state index in [2.05, 4.69) is 12.2 Å². The van der Waals surface area contributed by atoms with Crippen LogP contribution < -0.4 is 14.8 Å². The maximum atomic E-state index is 13.8. The van der Waals surface area contributed by atoms with Crippen LogP contribution in [0.3, 0.4) is 0 Å². The Morgan fingerprint density at radius 3 is 2.38 bits per heavy atom. The molecule has 1 N–H and O–H groups in total. The highest BCUT2D eigenvalue weighted by molar-refractivity contribution is 7.98. The van der Waals surface area contributed by atoms with Crippen molar-refractivity contribution in [3.05, 3.63) is 76.1 Å². The minimum absolute atomic E-state index is 0.0103. The number of rotatable bonds is 9. The molecule has 0 bridgehead atoms. The Labute approximate surface area is 223 Å². The number of Topliss-reactive ketones (excluding diaryl/α,β-unsaturated/α-hetero) is 1. The van der Waals surface area contributed by atoms with E-state index >= 15 is 0 Å². The van der Waals surface area contributed by atoms with Crippen molar-refractivity contribution < 1.29 is 23.8 Å². The molecular weight excluding hydrogens is 486 g/mol. The molecule has 0 radical (unpaired) electrons. The van der Waals surface area contributed by atoms with Crippen molar-refractivity contribution in [3.63, 3.8) is 0 Å². The number of dihydropyridines is 1. The average Bonchev–Trinajstić information content (AvgIpc) is 2.91. The average molecular weight is 522 g/mol. The molecule has 2 aromatic rings. The first-order chi connectivity index (χ1) is 17.9. The van der Waals surface area contributed by atoms with Crippen molar-refractivity contribution >= 4 is 23.5 Å². The first-order valence-electron chi connectivity index (χ1n) is 12.7. The standard InChI is InChI=1S/C30H35NO5S/c1-6-7-14-36-30(33)27-18(2)31-23-15-21(20-10-13-25(34-3)26(17-20)35-4)16-24(32)29(23)28(27)19-8-11-22(37-5)12-9-19/h8-13,17,21,28,31H,6-7,14-16H2,1-5H3/t21-,28+/m0/s1. The Balaban J connectivity index is 1.73. The third kappa shape index (κ3) is 5.57. The molecule has 1 heterocycles. The summed E-state index contributed by atoms with van der Waals surface area (Å²) < 4.78 is 16.5. The molecule has 37 heavy (non-hydrogen) atoms. The Kier molecular flexibility index (Phi) is 8.64. The van der Waals surface area contributed by atoms with Gasteiger partial charge in [0, 0.05) is 34.2 Å². The van der Waals surface area contributed by atoms with Gasteiger partial charge in [-0.25, -0.2) is 4.79 Å². The SMILES string of the molecule is CCCCOC(=O)C1=C(C)NC2=C(C(=O)C[C@@H](c3ccc(OC)c(OC)c3)C2)[C@@H]1c1ccc(SC)cc1. The van der Waals surface area contributed by atoms with Crippen molar-refractivity contribution in [1.29, 1.82) is 0 Å². The fourth-order valence-electron chi connectivity index (χ4n) is 5.17. The Hall–Kier alpha value is -3.19. The molecule has 7 heteroatoms. The monoisotopic (exact) mass is 521 g/mol. The van der Waals surface area contributed by atoms with Gasteiger partial charge in [0.2, 0.25) is 0 Å². The molecule has 0 saturated heterocycles. The van der Waals surface area contributed by atoms with Crippen molar-refractivity contribution in [2.24, 2.45) is 0 Å². The van der Waals surface area contributed by atoms with Crippen LogP contribution in [-0.4, -0.2) is 38.8 Å². The van der Waals surface area contributed by atoms with E-state index in [-0.39, 0.29) is 17.7 Å². The van der Waals surface area contributed by atoms with Gasteiger partial charge in [-0.2, -0.15) is 0 Å². The third-order valence-corrected chi connectivity index (χ3v) is 7.85. The second-order valence-corrected chi connectivity index (χ2v) is 10.3. The molecule has 1 aliphatic heterocycles. The molecule has 4 rings (SSSR count). The second-order valence-electron chi connectivity index (χ2n) is 9.39. The van der Waals surface area contributed by atoms with Crippen molar-refractivity contribution in [2.45, 2.75) is 56.3 Å². The molecular formula is C30H35NO5S. The second kappa shape index (κ2) is 11.9. The molecule has 0 fully saturated rings. The van der Waals surface area contributed by atoms with Crippen LogP contribution in [0.1, 0.15) is 62.5 Å². The number of esters is 1. The summed E-state index contributed by atoms with van der Waals surface area (Å²) in [6, 6.07) is 13.9. The normalized spacial score (nSPS) is 19.3. The molecule has 2 aromatic carbocycles. The van der Waals surface area contributed by atoms with Crippen LogP contribution >= 0.6 is 11.8 Å². The topological polar surface area (TPSA) is 73.9 Å². The summed E-state index contributed by atoms with van der Waals surface area (Å²) in [5.74, 6) is 0.508. The number of methoxy groups -OCH3 is 2.